The lowest BCUT2D eigenvalue weighted by Gasteiger charge is -2.13. The van der Waals surface area contributed by atoms with E-state index in [9.17, 15) is 0 Å². The molecule has 0 radical (unpaired) electrons. The average molecular weight is 227 g/mol. The van der Waals surface area contributed by atoms with Crippen molar-refractivity contribution < 1.29 is 4.74 Å². The van der Waals surface area contributed by atoms with Gasteiger partial charge >= 0.3 is 0 Å². The minimum Gasteiger partial charge on any atom is -0.489 e. The Labute approximate surface area is 94.8 Å². The van der Waals surface area contributed by atoms with E-state index in [1.165, 1.54) is 12.8 Å². The van der Waals surface area contributed by atoms with Crippen molar-refractivity contribution >= 4 is 11.6 Å². The number of ether oxygens (including phenoxy) is 1. The lowest BCUT2D eigenvalue weighted by molar-refractivity contribution is 0.276. The maximum atomic E-state index is 6.09. The number of nitrogens with zero attached hydrogens (tertiary/aromatic N) is 1. The molecule has 0 amide bonds. The maximum Gasteiger partial charge on any atom is 0.156 e. The van der Waals surface area contributed by atoms with E-state index in [1.54, 1.807) is 12.4 Å². The van der Waals surface area contributed by atoms with Gasteiger partial charge in [-0.05, 0) is 31.9 Å². The Hall–Kier alpha value is -0.800. The van der Waals surface area contributed by atoms with Gasteiger partial charge in [0.1, 0.15) is 6.61 Å². The van der Waals surface area contributed by atoms with Crippen LogP contribution in [0.2, 0.25) is 5.02 Å². The van der Waals surface area contributed by atoms with Crippen molar-refractivity contribution in [2.75, 3.05) is 13.2 Å². The molecule has 0 aliphatic carbocycles. The van der Waals surface area contributed by atoms with Crippen LogP contribution >= 0.6 is 11.6 Å². The zero-order chi connectivity index (χ0) is 10.7. The van der Waals surface area contributed by atoms with Gasteiger partial charge in [-0.25, -0.2) is 0 Å². The van der Waals surface area contributed by atoms with Crippen molar-refractivity contribution in [2.45, 2.75) is 25.8 Å². The van der Waals surface area contributed by atoms with Gasteiger partial charge in [-0.2, -0.15) is 0 Å². The predicted octanol–water partition coefficient (Wildman–Crippen LogP) is 2.17. The van der Waals surface area contributed by atoms with Crippen LogP contribution in [0.25, 0.3) is 0 Å². The maximum absolute atomic E-state index is 6.09. The Morgan fingerprint density at radius 2 is 2.47 bits per heavy atom. The number of nitrogens with one attached hydrogen (secondary N) is 1. The first-order valence-corrected chi connectivity index (χ1v) is 5.61. The van der Waals surface area contributed by atoms with E-state index in [2.05, 4.69) is 10.3 Å². The van der Waals surface area contributed by atoms with Gasteiger partial charge in [-0.3, -0.25) is 4.98 Å². The van der Waals surface area contributed by atoms with Crippen molar-refractivity contribution in [1.29, 1.82) is 0 Å². The van der Waals surface area contributed by atoms with Gasteiger partial charge in [0.05, 0.1) is 11.2 Å². The number of rotatable bonds is 3. The molecule has 0 unspecified atom stereocenters. The third-order valence-electron chi connectivity index (χ3n) is 2.62. The molecule has 0 saturated carbocycles. The molecular weight excluding hydrogens is 212 g/mol. The van der Waals surface area contributed by atoms with Crippen LogP contribution in [0.1, 0.15) is 18.4 Å². The zero-order valence-corrected chi connectivity index (χ0v) is 9.55. The number of pyridine rings is 1. The zero-order valence-electron chi connectivity index (χ0n) is 8.79. The predicted molar refractivity (Wildman–Crippen MR) is 60.5 cm³/mol. The highest BCUT2D eigenvalue weighted by molar-refractivity contribution is 6.32. The number of aromatic nitrogens is 1. The molecule has 82 valence electrons. The van der Waals surface area contributed by atoms with Gasteiger partial charge in [-0.15, -0.1) is 0 Å². The van der Waals surface area contributed by atoms with Gasteiger partial charge in [0, 0.05) is 12.2 Å². The third kappa shape index (κ3) is 2.61. The monoisotopic (exact) mass is 226 g/mol. The molecule has 1 atom stereocenters. The molecule has 1 aromatic heterocycles. The molecule has 4 heteroatoms. The van der Waals surface area contributed by atoms with Crippen LogP contribution < -0.4 is 10.1 Å². The second-order valence-electron chi connectivity index (χ2n) is 3.87. The van der Waals surface area contributed by atoms with E-state index in [0.29, 0.717) is 23.4 Å². The van der Waals surface area contributed by atoms with E-state index in [1.807, 2.05) is 6.92 Å². The highest BCUT2D eigenvalue weighted by Gasteiger charge is 2.15. The Morgan fingerprint density at radius 1 is 1.60 bits per heavy atom. The molecule has 0 bridgehead atoms. The van der Waals surface area contributed by atoms with E-state index in [4.69, 9.17) is 16.3 Å². The molecule has 0 aromatic carbocycles. The smallest absolute Gasteiger partial charge is 0.156 e. The Morgan fingerprint density at radius 3 is 3.20 bits per heavy atom. The molecule has 1 aliphatic heterocycles. The fraction of sp³-hybridized carbons (Fsp3) is 0.545. The van der Waals surface area contributed by atoms with Crippen molar-refractivity contribution in [1.82, 2.24) is 10.3 Å². The van der Waals surface area contributed by atoms with Gasteiger partial charge in [0.25, 0.3) is 0 Å². The molecule has 1 fully saturated rings. The summed E-state index contributed by atoms with van der Waals surface area (Å²) >= 11 is 6.09. The van der Waals surface area contributed by atoms with Crippen molar-refractivity contribution in [3.05, 3.63) is 23.0 Å². The molecule has 1 N–H and O–H groups in total. The van der Waals surface area contributed by atoms with Crippen LogP contribution in [0.5, 0.6) is 5.75 Å². The molecule has 0 spiro atoms. The summed E-state index contributed by atoms with van der Waals surface area (Å²) in [4.78, 5) is 4.06. The highest BCUT2D eigenvalue weighted by Crippen LogP contribution is 2.26. The van der Waals surface area contributed by atoms with Gasteiger partial charge < -0.3 is 10.1 Å². The summed E-state index contributed by atoms with van der Waals surface area (Å²) in [5, 5.41) is 4.04. The Kier molecular flexibility index (Phi) is 3.44. The molecule has 1 aliphatic rings. The Balaban J connectivity index is 1.95. The van der Waals surface area contributed by atoms with Crippen molar-refractivity contribution in [3.63, 3.8) is 0 Å². The quantitative estimate of drug-likeness (QED) is 0.858. The van der Waals surface area contributed by atoms with Crippen molar-refractivity contribution in [2.24, 2.45) is 0 Å². The van der Waals surface area contributed by atoms with Gasteiger partial charge in [0.15, 0.2) is 5.75 Å². The first-order chi connectivity index (χ1) is 7.27. The van der Waals surface area contributed by atoms with Crippen LogP contribution in [0.4, 0.5) is 0 Å². The number of halogens is 1. The second-order valence-corrected chi connectivity index (χ2v) is 4.25. The minimum absolute atomic E-state index is 0.460. The van der Waals surface area contributed by atoms with E-state index in [-0.39, 0.29) is 0 Å². The van der Waals surface area contributed by atoms with Crippen LogP contribution in [0, 0.1) is 6.92 Å². The summed E-state index contributed by atoms with van der Waals surface area (Å²) in [5.74, 6) is 0.686. The minimum atomic E-state index is 0.460. The fourth-order valence-electron chi connectivity index (χ4n) is 1.71. The fourth-order valence-corrected chi connectivity index (χ4v) is 1.87. The average Bonchev–Trinajstić information content (AvgIpc) is 2.73. The topological polar surface area (TPSA) is 34.1 Å². The van der Waals surface area contributed by atoms with Crippen molar-refractivity contribution in [3.8, 4) is 5.75 Å². The lowest BCUT2D eigenvalue weighted by Crippen LogP contribution is -2.28. The van der Waals surface area contributed by atoms with Crippen LogP contribution in [0.3, 0.4) is 0 Å². The van der Waals surface area contributed by atoms with E-state index in [0.717, 1.165) is 12.1 Å². The number of hydrogen-bond donors (Lipinski definition) is 1. The number of hydrogen-bond acceptors (Lipinski definition) is 3. The van der Waals surface area contributed by atoms with Crippen LogP contribution in [-0.2, 0) is 0 Å². The molecule has 2 rings (SSSR count). The second kappa shape index (κ2) is 4.81. The summed E-state index contributed by atoms with van der Waals surface area (Å²) in [6, 6.07) is 0.460. The Bertz CT molecular complexity index is 337. The number of aryl methyl sites for hydroxylation is 1. The summed E-state index contributed by atoms with van der Waals surface area (Å²) in [6.07, 6.45) is 5.82. The molecular formula is C11H15ClN2O. The van der Waals surface area contributed by atoms with Crippen LogP contribution in [0.15, 0.2) is 12.4 Å². The highest BCUT2D eigenvalue weighted by atomic mass is 35.5. The molecule has 2 heterocycles. The first-order valence-electron chi connectivity index (χ1n) is 5.23. The summed E-state index contributed by atoms with van der Waals surface area (Å²) in [5.41, 5.74) is 0.952. The SMILES string of the molecule is Cc1cncc(OC[C@H]2CCCN2)c1Cl. The molecule has 1 saturated heterocycles. The molecule has 15 heavy (non-hydrogen) atoms. The summed E-state index contributed by atoms with van der Waals surface area (Å²) in [7, 11) is 0. The molecule has 3 nitrogen and oxygen atoms in total. The lowest BCUT2D eigenvalue weighted by atomic mass is 10.2. The van der Waals surface area contributed by atoms with Gasteiger partial charge in [0.2, 0.25) is 0 Å². The normalized spacial score (nSPS) is 20.5. The van der Waals surface area contributed by atoms with Crippen LogP contribution in [-0.4, -0.2) is 24.2 Å². The first kappa shape index (κ1) is 10.7. The standard InChI is InChI=1S/C11H15ClN2O/c1-8-5-13-6-10(11(8)12)15-7-9-3-2-4-14-9/h5-6,9,14H,2-4,7H2,1H3/t9-/m1/s1. The summed E-state index contributed by atoms with van der Waals surface area (Å²) in [6.45, 7) is 3.69. The van der Waals surface area contributed by atoms with Gasteiger partial charge in [-0.1, -0.05) is 11.6 Å². The largest absolute Gasteiger partial charge is 0.489 e. The third-order valence-corrected chi connectivity index (χ3v) is 3.11. The van der Waals surface area contributed by atoms with E-state index < -0.39 is 0 Å². The molecule has 1 aromatic rings. The van der Waals surface area contributed by atoms with E-state index >= 15 is 0 Å². The summed E-state index contributed by atoms with van der Waals surface area (Å²) < 4.78 is 5.64.